The van der Waals surface area contributed by atoms with Gasteiger partial charge in [0.2, 0.25) is 5.91 Å². The standard InChI is InChI=1S/C16H26N2O/c1-3-5-7-16(19)18-15-10-8-13(9-11-15)12-14(17)6-4-2/h8-11,14H,3-7,12,17H2,1-2H3,(H,18,19). The van der Waals surface area contributed by atoms with Gasteiger partial charge in [0.1, 0.15) is 0 Å². The molecule has 0 aliphatic carbocycles. The summed E-state index contributed by atoms with van der Waals surface area (Å²) in [4.78, 5) is 11.6. The van der Waals surface area contributed by atoms with Crippen molar-refractivity contribution < 1.29 is 4.79 Å². The van der Waals surface area contributed by atoms with E-state index in [0.29, 0.717) is 6.42 Å². The Morgan fingerprint density at radius 1 is 1.21 bits per heavy atom. The lowest BCUT2D eigenvalue weighted by molar-refractivity contribution is -0.116. The molecule has 3 heteroatoms. The molecule has 0 bridgehead atoms. The molecule has 0 heterocycles. The van der Waals surface area contributed by atoms with E-state index in [2.05, 4.69) is 19.2 Å². The third-order valence-corrected chi connectivity index (χ3v) is 3.15. The summed E-state index contributed by atoms with van der Waals surface area (Å²) in [6.07, 6.45) is 5.65. The normalized spacial score (nSPS) is 12.2. The summed E-state index contributed by atoms with van der Waals surface area (Å²) in [6.45, 7) is 4.23. The van der Waals surface area contributed by atoms with Crippen molar-refractivity contribution in [1.29, 1.82) is 0 Å². The number of amides is 1. The number of benzene rings is 1. The summed E-state index contributed by atoms with van der Waals surface area (Å²) >= 11 is 0. The summed E-state index contributed by atoms with van der Waals surface area (Å²) in [7, 11) is 0. The maximum Gasteiger partial charge on any atom is 0.224 e. The lowest BCUT2D eigenvalue weighted by atomic mass is 10.0. The van der Waals surface area contributed by atoms with E-state index in [0.717, 1.165) is 37.8 Å². The zero-order chi connectivity index (χ0) is 14.1. The van der Waals surface area contributed by atoms with Crippen LogP contribution in [-0.4, -0.2) is 11.9 Å². The average molecular weight is 262 g/mol. The Bertz CT molecular complexity index is 373. The van der Waals surface area contributed by atoms with Crippen molar-refractivity contribution in [2.45, 2.75) is 58.4 Å². The number of unbranched alkanes of at least 4 members (excludes halogenated alkanes) is 1. The molecule has 0 spiro atoms. The molecule has 1 rings (SSSR count). The van der Waals surface area contributed by atoms with Gasteiger partial charge in [0.15, 0.2) is 0 Å². The second kappa shape index (κ2) is 8.70. The van der Waals surface area contributed by atoms with Gasteiger partial charge in [-0.3, -0.25) is 4.79 Å². The van der Waals surface area contributed by atoms with Crippen molar-refractivity contribution in [2.24, 2.45) is 5.73 Å². The highest BCUT2D eigenvalue weighted by molar-refractivity contribution is 5.90. The van der Waals surface area contributed by atoms with Gasteiger partial charge >= 0.3 is 0 Å². The molecule has 1 aromatic carbocycles. The molecule has 19 heavy (non-hydrogen) atoms. The molecule has 1 atom stereocenters. The topological polar surface area (TPSA) is 55.1 Å². The third kappa shape index (κ3) is 6.39. The Morgan fingerprint density at radius 2 is 1.89 bits per heavy atom. The fourth-order valence-corrected chi connectivity index (χ4v) is 2.06. The molecule has 3 N–H and O–H groups in total. The van der Waals surface area contributed by atoms with E-state index >= 15 is 0 Å². The van der Waals surface area contributed by atoms with E-state index in [1.54, 1.807) is 0 Å². The van der Waals surface area contributed by atoms with Crippen molar-refractivity contribution in [3.05, 3.63) is 29.8 Å². The summed E-state index contributed by atoms with van der Waals surface area (Å²) in [5.41, 5.74) is 8.12. The smallest absolute Gasteiger partial charge is 0.224 e. The monoisotopic (exact) mass is 262 g/mol. The first kappa shape index (κ1) is 15.7. The maximum atomic E-state index is 11.6. The van der Waals surface area contributed by atoms with Crippen LogP contribution in [0.25, 0.3) is 0 Å². The highest BCUT2D eigenvalue weighted by Crippen LogP contribution is 2.12. The van der Waals surface area contributed by atoms with Gasteiger partial charge in [0.25, 0.3) is 0 Å². The minimum absolute atomic E-state index is 0.0947. The number of hydrogen-bond acceptors (Lipinski definition) is 2. The van der Waals surface area contributed by atoms with Gasteiger partial charge in [-0.2, -0.15) is 0 Å². The van der Waals surface area contributed by atoms with Crippen molar-refractivity contribution in [3.8, 4) is 0 Å². The van der Waals surface area contributed by atoms with Crippen LogP contribution >= 0.6 is 0 Å². The fourth-order valence-electron chi connectivity index (χ4n) is 2.06. The Kier molecular flexibility index (Phi) is 7.19. The largest absolute Gasteiger partial charge is 0.327 e. The number of carbonyl (C=O) groups excluding carboxylic acids is 1. The average Bonchev–Trinajstić information content (AvgIpc) is 2.39. The number of hydrogen-bond donors (Lipinski definition) is 2. The Labute approximate surface area is 116 Å². The summed E-state index contributed by atoms with van der Waals surface area (Å²) in [5, 5.41) is 2.91. The molecular formula is C16H26N2O. The van der Waals surface area contributed by atoms with E-state index in [-0.39, 0.29) is 11.9 Å². The minimum Gasteiger partial charge on any atom is -0.327 e. The van der Waals surface area contributed by atoms with Gasteiger partial charge in [0, 0.05) is 18.2 Å². The zero-order valence-electron chi connectivity index (χ0n) is 12.1. The molecule has 0 aliphatic rings. The van der Waals surface area contributed by atoms with Crippen molar-refractivity contribution in [2.75, 3.05) is 5.32 Å². The first-order chi connectivity index (χ1) is 9.15. The second-order valence-corrected chi connectivity index (χ2v) is 5.10. The van der Waals surface area contributed by atoms with Gasteiger partial charge < -0.3 is 11.1 Å². The van der Waals surface area contributed by atoms with Crippen LogP contribution < -0.4 is 11.1 Å². The zero-order valence-corrected chi connectivity index (χ0v) is 12.1. The molecule has 1 aromatic rings. The van der Waals surface area contributed by atoms with Gasteiger partial charge in [-0.1, -0.05) is 38.8 Å². The molecule has 1 amide bonds. The van der Waals surface area contributed by atoms with Gasteiger partial charge in [0.05, 0.1) is 0 Å². The number of rotatable bonds is 8. The molecule has 106 valence electrons. The lowest BCUT2D eigenvalue weighted by Crippen LogP contribution is -2.22. The number of nitrogens with one attached hydrogen (secondary N) is 1. The molecule has 0 aliphatic heterocycles. The Morgan fingerprint density at radius 3 is 2.47 bits per heavy atom. The van der Waals surface area contributed by atoms with Crippen LogP contribution in [0.5, 0.6) is 0 Å². The SMILES string of the molecule is CCCCC(=O)Nc1ccc(CC(N)CCC)cc1. The van der Waals surface area contributed by atoms with E-state index < -0.39 is 0 Å². The minimum atomic E-state index is 0.0947. The molecule has 0 saturated heterocycles. The van der Waals surface area contributed by atoms with Gasteiger partial charge in [-0.05, 0) is 37.0 Å². The predicted octanol–water partition coefficient (Wildman–Crippen LogP) is 3.49. The number of carbonyl (C=O) groups is 1. The molecule has 1 unspecified atom stereocenters. The lowest BCUT2D eigenvalue weighted by Gasteiger charge is -2.11. The fraction of sp³-hybridized carbons (Fsp3) is 0.562. The first-order valence-corrected chi connectivity index (χ1v) is 7.30. The van der Waals surface area contributed by atoms with Crippen LogP contribution in [0.15, 0.2) is 24.3 Å². The van der Waals surface area contributed by atoms with Crippen molar-refractivity contribution >= 4 is 11.6 Å². The molecule has 0 fully saturated rings. The quantitative estimate of drug-likeness (QED) is 0.753. The summed E-state index contributed by atoms with van der Waals surface area (Å²) < 4.78 is 0. The number of nitrogens with two attached hydrogens (primary N) is 1. The maximum absolute atomic E-state index is 11.6. The van der Waals surface area contributed by atoms with Crippen molar-refractivity contribution in [3.63, 3.8) is 0 Å². The number of anilines is 1. The Hall–Kier alpha value is -1.35. The van der Waals surface area contributed by atoms with E-state index in [1.165, 1.54) is 5.56 Å². The van der Waals surface area contributed by atoms with Gasteiger partial charge in [-0.15, -0.1) is 0 Å². The summed E-state index contributed by atoms with van der Waals surface area (Å²) in [6, 6.07) is 8.24. The molecule has 0 radical (unpaired) electrons. The van der Waals surface area contributed by atoms with E-state index in [9.17, 15) is 4.79 Å². The predicted molar refractivity (Wildman–Crippen MR) is 81.2 cm³/mol. The van der Waals surface area contributed by atoms with E-state index in [1.807, 2.05) is 24.3 Å². The van der Waals surface area contributed by atoms with Gasteiger partial charge in [-0.25, -0.2) is 0 Å². The van der Waals surface area contributed by atoms with Crippen LogP contribution in [0.2, 0.25) is 0 Å². The van der Waals surface area contributed by atoms with Crippen LogP contribution in [-0.2, 0) is 11.2 Å². The van der Waals surface area contributed by atoms with Crippen LogP contribution in [0.3, 0.4) is 0 Å². The van der Waals surface area contributed by atoms with Crippen LogP contribution in [0.4, 0.5) is 5.69 Å². The highest BCUT2D eigenvalue weighted by atomic mass is 16.1. The Balaban J connectivity index is 2.45. The van der Waals surface area contributed by atoms with Crippen LogP contribution in [0.1, 0.15) is 51.5 Å². The molecule has 3 nitrogen and oxygen atoms in total. The van der Waals surface area contributed by atoms with E-state index in [4.69, 9.17) is 5.73 Å². The molecular weight excluding hydrogens is 236 g/mol. The summed E-state index contributed by atoms with van der Waals surface area (Å²) in [5.74, 6) is 0.0947. The molecule has 0 aromatic heterocycles. The van der Waals surface area contributed by atoms with Crippen LogP contribution in [0, 0.1) is 0 Å². The third-order valence-electron chi connectivity index (χ3n) is 3.15. The highest BCUT2D eigenvalue weighted by Gasteiger charge is 2.04. The van der Waals surface area contributed by atoms with Crippen molar-refractivity contribution in [1.82, 2.24) is 0 Å². The molecule has 0 saturated carbocycles. The first-order valence-electron chi connectivity index (χ1n) is 7.30. The second-order valence-electron chi connectivity index (χ2n) is 5.10.